The van der Waals surface area contributed by atoms with Gasteiger partial charge in [0, 0.05) is 18.8 Å². The van der Waals surface area contributed by atoms with Crippen molar-refractivity contribution in [1.82, 2.24) is 4.31 Å². The van der Waals surface area contributed by atoms with Crippen LogP contribution in [-0.2, 0) is 19.6 Å². The second-order valence-electron chi connectivity index (χ2n) is 5.65. The highest BCUT2D eigenvalue weighted by atomic mass is 32.2. The van der Waals surface area contributed by atoms with Gasteiger partial charge in [-0.05, 0) is 43.3 Å². The van der Waals surface area contributed by atoms with Crippen LogP contribution in [0.3, 0.4) is 0 Å². The van der Waals surface area contributed by atoms with E-state index in [0.717, 1.165) is 0 Å². The predicted octanol–water partition coefficient (Wildman–Crippen LogP) is 2.41. The molecule has 1 amide bonds. The molecular weight excluding hydrogens is 372 g/mol. The molecular formula is C18H22N2O6S. The number of amides is 1. The van der Waals surface area contributed by atoms with E-state index in [1.54, 1.807) is 26.8 Å². The van der Waals surface area contributed by atoms with Gasteiger partial charge < -0.3 is 14.5 Å². The van der Waals surface area contributed by atoms with Crippen LogP contribution in [0.1, 0.15) is 30.2 Å². The highest BCUT2D eigenvalue weighted by Gasteiger charge is 2.21. The zero-order valence-corrected chi connectivity index (χ0v) is 16.2. The SMILES string of the molecule is CCN(CC)S(=O)(=O)c1ccc(NC(=O)COC(=O)c2ccc(C)o2)cc1. The Balaban J connectivity index is 1.94. The van der Waals surface area contributed by atoms with Gasteiger partial charge in [0.05, 0.1) is 4.90 Å². The fourth-order valence-corrected chi connectivity index (χ4v) is 3.82. The lowest BCUT2D eigenvalue weighted by Gasteiger charge is -2.18. The van der Waals surface area contributed by atoms with Gasteiger partial charge in [-0.3, -0.25) is 4.79 Å². The van der Waals surface area contributed by atoms with Crippen LogP contribution in [0.5, 0.6) is 0 Å². The highest BCUT2D eigenvalue weighted by Crippen LogP contribution is 2.18. The van der Waals surface area contributed by atoms with Gasteiger partial charge >= 0.3 is 5.97 Å². The average molecular weight is 394 g/mol. The minimum atomic E-state index is -3.56. The Labute approximate surface area is 158 Å². The van der Waals surface area contributed by atoms with E-state index in [9.17, 15) is 18.0 Å². The number of nitrogens with one attached hydrogen (secondary N) is 1. The van der Waals surface area contributed by atoms with Crippen molar-refractivity contribution in [3.05, 3.63) is 47.9 Å². The Morgan fingerprint density at radius 3 is 2.22 bits per heavy atom. The molecule has 27 heavy (non-hydrogen) atoms. The van der Waals surface area contributed by atoms with Gasteiger partial charge in [0.1, 0.15) is 5.76 Å². The Bertz CT molecular complexity index is 898. The standard InChI is InChI=1S/C18H22N2O6S/c1-4-20(5-2)27(23,24)15-9-7-14(8-10-15)19-17(21)12-25-18(22)16-11-6-13(3)26-16/h6-11H,4-5,12H2,1-3H3,(H,19,21). The normalized spacial score (nSPS) is 11.4. The maximum absolute atomic E-state index is 12.4. The number of sulfonamides is 1. The van der Waals surface area contributed by atoms with Crippen LogP contribution in [0.15, 0.2) is 45.7 Å². The molecule has 8 nitrogen and oxygen atoms in total. The van der Waals surface area contributed by atoms with Gasteiger partial charge in [0.2, 0.25) is 15.8 Å². The molecule has 146 valence electrons. The number of hydrogen-bond acceptors (Lipinski definition) is 6. The van der Waals surface area contributed by atoms with E-state index < -0.39 is 28.5 Å². The smallest absolute Gasteiger partial charge is 0.374 e. The molecule has 2 rings (SSSR count). The molecule has 0 aliphatic carbocycles. The molecule has 0 saturated carbocycles. The molecule has 0 radical (unpaired) electrons. The fourth-order valence-electron chi connectivity index (χ4n) is 2.37. The van der Waals surface area contributed by atoms with Crippen LogP contribution in [0.2, 0.25) is 0 Å². The molecule has 1 aromatic carbocycles. The third kappa shape index (κ3) is 5.18. The molecule has 0 atom stereocenters. The summed E-state index contributed by atoms with van der Waals surface area (Å²) >= 11 is 0. The summed E-state index contributed by atoms with van der Waals surface area (Å²) in [4.78, 5) is 23.8. The average Bonchev–Trinajstić information content (AvgIpc) is 3.07. The summed E-state index contributed by atoms with van der Waals surface area (Å²) in [6.07, 6.45) is 0. The lowest BCUT2D eigenvalue weighted by molar-refractivity contribution is -0.119. The fraction of sp³-hybridized carbons (Fsp3) is 0.333. The van der Waals surface area contributed by atoms with E-state index in [-0.39, 0.29) is 10.7 Å². The number of carbonyl (C=O) groups excluding carboxylic acids is 2. The first kappa shape index (κ1) is 20.7. The lowest BCUT2D eigenvalue weighted by Crippen LogP contribution is -2.30. The number of aryl methyl sites for hydroxylation is 1. The van der Waals surface area contributed by atoms with E-state index in [4.69, 9.17) is 9.15 Å². The zero-order valence-electron chi connectivity index (χ0n) is 15.4. The largest absolute Gasteiger partial charge is 0.454 e. The molecule has 0 spiro atoms. The maximum atomic E-state index is 12.4. The molecule has 0 aliphatic rings. The van der Waals surface area contributed by atoms with E-state index in [1.807, 2.05) is 0 Å². The summed E-state index contributed by atoms with van der Waals surface area (Å²) in [6, 6.07) is 8.87. The second kappa shape index (κ2) is 8.83. The first-order chi connectivity index (χ1) is 12.8. The number of furan rings is 1. The van der Waals surface area contributed by atoms with Crippen molar-refractivity contribution in [2.75, 3.05) is 25.0 Å². The van der Waals surface area contributed by atoms with E-state index in [0.29, 0.717) is 24.5 Å². The van der Waals surface area contributed by atoms with Crippen LogP contribution in [0, 0.1) is 6.92 Å². The number of rotatable bonds is 8. The quantitative estimate of drug-likeness (QED) is 0.689. The highest BCUT2D eigenvalue weighted by molar-refractivity contribution is 7.89. The number of benzene rings is 1. The molecule has 1 heterocycles. The van der Waals surface area contributed by atoms with E-state index in [1.165, 1.54) is 34.6 Å². The zero-order chi connectivity index (χ0) is 20.0. The minimum Gasteiger partial charge on any atom is -0.454 e. The molecule has 2 aromatic rings. The Kier molecular flexibility index (Phi) is 6.75. The first-order valence-corrected chi connectivity index (χ1v) is 9.85. The van der Waals surface area contributed by atoms with Gasteiger partial charge in [-0.15, -0.1) is 0 Å². The van der Waals surface area contributed by atoms with Gasteiger partial charge in [0.15, 0.2) is 6.61 Å². The van der Waals surface area contributed by atoms with Crippen molar-refractivity contribution >= 4 is 27.6 Å². The van der Waals surface area contributed by atoms with Crippen LogP contribution < -0.4 is 5.32 Å². The minimum absolute atomic E-state index is 0.0197. The maximum Gasteiger partial charge on any atom is 0.374 e. The molecule has 1 N–H and O–H groups in total. The molecule has 1 aromatic heterocycles. The third-order valence-corrected chi connectivity index (χ3v) is 5.82. The Hall–Kier alpha value is -2.65. The number of anilines is 1. The van der Waals surface area contributed by atoms with Crippen molar-refractivity contribution in [2.45, 2.75) is 25.7 Å². The molecule has 0 saturated heterocycles. The van der Waals surface area contributed by atoms with Crippen LogP contribution in [0.4, 0.5) is 5.69 Å². The summed E-state index contributed by atoms with van der Waals surface area (Å²) in [5.74, 6) is -0.706. The molecule has 9 heteroatoms. The van der Waals surface area contributed by atoms with Crippen LogP contribution in [-0.4, -0.2) is 44.3 Å². The summed E-state index contributed by atoms with van der Waals surface area (Å²) in [5, 5.41) is 2.53. The van der Waals surface area contributed by atoms with Crippen molar-refractivity contribution in [2.24, 2.45) is 0 Å². The summed E-state index contributed by atoms with van der Waals surface area (Å²) < 4.78 is 36.1. The van der Waals surface area contributed by atoms with E-state index in [2.05, 4.69) is 5.32 Å². The molecule has 0 fully saturated rings. The van der Waals surface area contributed by atoms with Gasteiger partial charge in [-0.25, -0.2) is 13.2 Å². The molecule has 0 unspecified atom stereocenters. The van der Waals surface area contributed by atoms with Crippen molar-refractivity contribution in [3.8, 4) is 0 Å². The van der Waals surface area contributed by atoms with Crippen molar-refractivity contribution < 1.29 is 27.2 Å². The summed E-state index contributed by atoms with van der Waals surface area (Å²) in [7, 11) is -3.56. The molecule has 0 bridgehead atoms. The van der Waals surface area contributed by atoms with E-state index >= 15 is 0 Å². The Morgan fingerprint density at radius 2 is 1.70 bits per heavy atom. The number of nitrogens with zero attached hydrogens (tertiary/aromatic N) is 1. The number of hydrogen-bond donors (Lipinski definition) is 1. The monoisotopic (exact) mass is 394 g/mol. The third-order valence-electron chi connectivity index (χ3n) is 3.76. The van der Waals surface area contributed by atoms with Gasteiger partial charge in [-0.2, -0.15) is 4.31 Å². The van der Waals surface area contributed by atoms with Crippen LogP contribution >= 0.6 is 0 Å². The van der Waals surface area contributed by atoms with Crippen molar-refractivity contribution in [3.63, 3.8) is 0 Å². The number of ether oxygens (including phenoxy) is 1. The molecule has 0 aliphatic heterocycles. The Morgan fingerprint density at radius 1 is 1.07 bits per heavy atom. The predicted molar refractivity (Wildman–Crippen MR) is 98.9 cm³/mol. The summed E-state index contributed by atoms with van der Waals surface area (Å²) in [6.45, 7) is 5.48. The van der Waals surface area contributed by atoms with Crippen molar-refractivity contribution in [1.29, 1.82) is 0 Å². The number of esters is 1. The first-order valence-electron chi connectivity index (χ1n) is 8.41. The summed E-state index contributed by atoms with van der Waals surface area (Å²) in [5.41, 5.74) is 0.392. The van der Waals surface area contributed by atoms with Gasteiger partial charge in [0.25, 0.3) is 5.91 Å². The topological polar surface area (TPSA) is 106 Å². The van der Waals surface area contributed by atoms with Crippen LogP contribution in [0.25, 0.3) is 0 Å². The number of carbonyl (C=O) groups is 2. The second-order valence-corrected chi connectivity index (χ2v) is 7.59. The van der Waals surface area contributed by atoms with Gasteiger partial charge in [-0.1, -0.05) is 13.8 Å². The lowest BCUT2D eigenvalue weighted by atomic mass is 10.3.